The number of nitrogens with zero attached hydrogens (tertiary/aromatic N) is 3. The number of likely N-dealkylation sites (tertiary alicyclic amines) is 1. The van der Waals surface area contributed by atoms with E-state index in [0.717, 1.165) is 11.3 Å². The Bertz CT molecular complexity index is 688. The van der Waals surface area contributed by atoms with Crippen molar-refractivity contribution < 1.29 is 9.59 Å². The van der Waals surface area contributed by atoms with E-state index in [1.165, 1.54) is 11.3 Å². The Hall–Kier alpha value is -2.48. The van der Waals surface area contributed by atoms with Gasteiger partial charge in [-0.3, -0.25) is 15.1 Å². The van der Waals surface area contributed by atoms with Crippen LogP contribution in [0, 0.1) is 5.92 Å². The van der Waals surface area contributed by atoms with Crippen molar-refractivity contribution in [2.24, 2.45) is 11.7 Å². The molecule has 1 saturated heterocycles. The third-order valence-corrected chi connectivity index (χ3v) is 4.31. The van der Waals surface area contributed by atoms with Crippen molar-refractivity contribution in [2.75, 3.05) is 18.4 Å². The zero-order valence-corrected chi connectivity index (χ0v) is 12.5. The Kier molecular flexibility index (Phi) is 4.01. The Morgan fingerprint density at radius 3 is 3.00 bits per heavy atom. The predicted molar refractivity (Wildman–Crippen MR) is 83.2 cm³/mol. The van der Waals surface area contributed by atoms with Gasteiger partial charge >= 0.3 is 6.03 Å². The molecule has 0 unspecified atom stereocenters. The highest BCUT2D eigenvalue weighted by Gasteiger charge is 2.29. The minimum atomic E-state index is -0.358. The van der Waals surface area contributed by atoms with Gasteiger partial charge in [-0.2, -0.15) is 0 Å². The van der Waals surface area contributed by atoms with Gasteiger partial charge in [0.15, 0.2) is 5.13 Å². The summed E-state index contributed by atoms with van der Waals surface area (Å²) < 4.78 is 0. The number of hydrogen-bond donors (Lipinski definition) is 2. The van der Waals surface area contributed by atoms with E-state index in [2.05, 4.69) is 15.3 Å². The van der Waals surface area contributed by atoms with Gasteiger partial charge < -0.3 is 10.6 Å². The van der Waals surface area contributed by atoms with E-state index in [0.29, 0.717) is 24.6 Å². The molecule has 3 N–H and O–H groups in total. The SMILES string of the molecule is NC(=O)[C@@H]1CCN(C(=O)Nc2nc(-c3cccnc3)cs2)C1. The molecule has 3 heterocycles. The molecule has 1 atom stereocenters. The number of carbonyl (C=O) groups excluding carboxylic acids is 2. The van der Waals surface area contributed by atoms with Gasteiger partial charge in [0.05, 0.1) is 11.6 Å². The van der Waals surface area contributed by atoms with E-state index in [4.69, 9.17) is 5.73 Å². The summed E-state index contributed by atoms with van der Waals surface area (Å²) in [6, 6.07) is 3.49. The van der Waals surface area contributed by atoms with E-state index in [1.807, 2.05) is 17.5 Å². The van der Waals surface area contributed by atoms with Gasteiger partial charge in [0.25, 0.3) is 0 Å². The molecule has 7 nitrogen and oxygen atoms in total. The molecular formula is C14H15N5O2S. The third kappa shape index (κ3) is 3.06. The van der Waals surface area contributed by atoms with Crippen molar-refractivity contribution in [2.45, 2.75) is 6.42 Å². The normalized spacial score (nSPS) is 17.5. The fourth-order valence-corrected chi connectivity index (χ4v) is 3.03. The number of primary amides is 1. The molecule has 3 rings (SSSR count). The first kappa shape index (κ1) is 14.5. The summed E-state index contributed by atoms with van der Waals surface area (Å²) in [6.07, 6.45) is 4.03. The molecular weight excluding hydrogens is 302 g/mol. The van der Waals surface area contributed by atoms with Crippen LogP contribution in [0.15, 0.2) is 29.9 Å². The Morgan fingerprint density at radius 2 is 2.32 bits per heavy atom. The highest BCUT2D eigenvalue weighted by Crippen LogP contribution is 2.25. The number of pyridine rings is 1. The van der Waals surface area contributed by atoms with E-state index in [-0.39, 0.29) is 17.9 Å². The maximum Gasteiger partial charge on any atom is 0.323 e. The Morgan fingerprint density at radius 1 is 1.45 bits per heavy atom. The van der Waals surface area contributed by atoms with Crippen molar-refractivity contribution in [3.8, 4) is 11.3 Å². The first-order valence-electron chi connectivity index (χ1n) is 6.84. The first-order chi connectivity index (χ1) is 10.6. The standard InChI is InChI=1S/C14H15N5O2S/c15-12(20)10-3-5-19(7-10)14(21)18-13-17-11(8-22-13)9-2-1-4-16-6-9/h1-2,4,6,8,10H,3,5,7H2,(H2,15,20)(H,17,18,21)/t10-/m1/s1. The maximum atomic E-state index is 12.1. The van der Waals surface area contributed by atoms with Gasteiger partial charge in [-0.25, -0.2) is 9.78 Å². The van der Waals surface area contributed by atoms with Gasteiger partial charge in [-0.05, 0) is 18.6 Å². The number of thiazole rings is 1. The first-order valence-corrected chi connectivity index (χ1v) is 7.72. The van der Waals surface area contributed by atoms with Gasteiger partial charge in [0.1, 0.15) is 0 Å². The molecule has 0 aliphatic carbocycles. The van der Waals surface area contributed by atoms with Crippen LogP contribution >= 0.6 is 11.3 Å². The van der Waals surface area contributed by atoms with Crippen molar-refractivity contribution >= 4 is 28.4 Å². The molecule has 1 fully saturated rings. The molecule has 3 amide bonds. The van der Waals surface area contributed by atoms with Gasteiger partial charge in [0.2, 0.25) is 5.91 Å². The lowest BCUT2D eigenvalue weighted by Crippen LogP contribution is -2.34. The van der Waals surface area contributed by atoms with Gasteiger partial charge in [-0.1, -0.05) is 0 Å². The fourth-order valence-electron chi connectivity index (χ4n) is 2.33. The third-order valence-electron chi connectivity index (χ3n) is 3.55. The number of hydrogen-bond acceptors (Lipinski definition) is 5. The molecule has 1 aliphatic heterocycles. The zero-order chi connectivity index (χ0) is 15.5. The van der Waals surface area contributed by atoms with Crippen LogP contribution in [-0.4, -0.2) is 39.9 Å². The van der Waals surface area contributed by atoms with Crippen LogP contribution in [-0.2, 0) is 4.79 Å². The van der Waals surface area contributed by atoms with Crippen molar-refractivity contribution in [1.82, 2.24) is 14.9 Å². The van der Waals surface area contributed by atoms with Gasteiger partial charge in [0, 0.05) is 36.4 Å². The maximum absolute atomic E-state index is 12.1. The summed E-state index contributed by atoms with van der Waals surface area (Å²) in [6.45, 7) is 0.891. The molecule has 0 saturated carbocycles. The number of amides is 3. The van der Waals surface area contributed by atoms with Crippen molar-refractivity contribution in [3.05, 3.63) is 29.9 Å². The largest absolute Gasteiger partial charge is 0.369 e. The minimum absolute atomic E-state index is 0.254. The lowest BCUT2D eigenvalue weighted by molar-refractivity contribution is -0.121. The van der Waals surface area contributed by atoms with Gasteiger partial charge in [-0.15, -0.1) is 11.3 Å². The fraction of sp³-hybridized carbons (Fsp3) is 0.286. The average molecular weight is 317 g/mol. The van der Waals surface area contributed by atoms with Crippen LogP contribution in [0.2, 0.25) is 0 Å². The highest BCUT2D eigenvalue weighted by molar-refractivity contribution is 7.14. The lowest BCUT2D eigenvalue weighted by Gasteiger charge is -2.15. The second-order valence-corrected chi connectivity index (χ2v) is 5.90. The number of carbonyl (C=O) groups is 2. The molecule has 114 valence electrons. The molecule has 2 aromatic heterocycles. The van der Waals surface area contributed by atoms with Crippen LogP contribution in [0.25, 0.3) is 11.3 Å². The summed E-state index contributed by atoms with van der Waals surface area (Å²) in [5.41, 5.74) is 6.93. The van der Waals surface area contributed by atoms with Crippen LogP contribution in [0.3, 0.4) is 0 Å². The zero-order valence-electron chi connectivity index (χ0n) is 11.7. The van der Waals surface area contributed by atoms with Crippen LogP contribution in [0.4, 0.5) is 9.93 Å². The van der Waals surface area contributed by atoms with E-state index in [9.17, 15) is 9.59 Å². The van der Waals surface area contributed by atoms with Crippen molar-refractivity contribution in [1.29, 1.82) is 0 Å². The number of urea groups is 1. The van der Waals surface area contributed by atoms with Crippen LogP contribution in [0.5, 0.6) is 0 Å². The molecule has 1 aliphatic rings. The second kappa shape index (κ2) is 6.10. The summed E-state index contributed by atoms with van der Waals surface area (Å²) >= 11 is 1.35. The monoisotopic (exact) mass is 317 g/mol. The average Bonchev–Trinajstić information content (AvgIpc) is 3.17. The summed E-state index contributed by atoms with van der Waals surface area (Å²) in [7, 11) is 0. The second-order valence-electron chi connectivity index (χ2n) is 5.04. The van der Waals surface area contributed by atoms with Crippen LogP contribution in [0.1, 0.15) is 6.42 Å². The molecule has 0 aromatic carbocycles. The summed E-state index contributed by atoms with van der Waals surface area (Å²) in [5.74, 6) is -0.614. The van der Waals surface area contributed by atoms with Crippen LogP contribution < -0.4 is 11.1 Å². The number of aromatic nitrogens is 2. The minimum Gasteiger partial charge on any atom is -0.369 e. The van der Waals surface area contributed by atoms with Crippen molar-refractivity contribution in [3.63, 3.8) is 0 Å². The van der Waals surface area contributed by atoms with E-state index in [1.54, 1.807) is 17.3 Å². The smallest absolute Gasteiger partial charge is 0.323 e. The van der Waals surface area contributed by atoms with E-state index < -0.39 is 0 Å². The number of anilines is 1. The molecule has 0 bridgehead atoms. The van der Waals surface area contributed by atoms with E-state index >= 15 is 0 Å². The summed E-state index contributed by atoms with van der Waals surface area (Å²) in [4.78, 5) is 33.3. The Labute approximate surface area is 131 Å². The molecule has 0 spiro atoms. The summed E-state index contributed by atoms with van der Waals surface area (Å²) in [5, 5.41) is 5.14. The molecule has 2 aromatic rings. The molecule has 22 heavy (non-hydrogen) atoms. The highest BCUT2D eigenvalue weighted by atomic mass is 32.1. The predicted octanol–water partition coefficient (Wildman–Crippen LogP) is 1.54. The Balaban J connectivity index is 1.63. The number of rotatable bonds is 3. The lowest BCUT2D eigenvalue weighted by atomic mass is 10.1. The number of nitrogens with one attached hydrogen (secondary N) is 1. The molecule has 8 heteroatoms. The topological polar surface area (TPSA) is 101 Å². The number of nitrogens with two attached hydrogens (primary N) is 1. The molecule has 0 radical (unpaired) electrons. The quantitative estimate of drug-likeness (QED) is 0.896.